The van der Waals surface area contributed by atoms with Crippen LogP contribution in [0.1, 0.15) is 5.89 Å². The van der Waals surface area contributed by atoms with Crippen LogP contribution in [-0.2, 0) is 16.0 Å². The fourth-order valence-electron chi connectivity index (χ4n) is 1.25. The van der Waals surface area contributed by atoms with Gasteiger partial charge in [0.15, 0.2) is 6.33 Å². The lowest BCUT2D eigenvalue weighted by molar-refractivity contribution is -0.137. The summed E-state index contributed by atoms with van der Waals surface area (Å²) in [7, 11) is 0. The van der Waals surface area contributed by atoms with Gasteiger partial charge in [-0.3, -0.25) is 9.59 Å². The van der Waals surface area contributed by atoms with E-state index in [1.54, 1.807) is 0 Å². The van der Waals surface area contributed by atoms with Gasteiger partial charge in [0.25, 0.3) is 0 Å². The monoisotopic (exact) mass is 271 g/mol. The maximum Gasteiger partial charge on any atom is 0.323 e. The topological polar surface area (TPSA) is 152 Å². The standard InChI is InChI=1S/C9H13N5O5/c10-6(15)3-14(4-8(16)17)9(18)11-2-1-7-12-5-13-19-7/h5H,1-4H2,(H2,10,15)(H,11,18)(H,16,17). The first-order valence-corrected chi connectivity index (χ1v) is 5.27. The van der Waals surface area contributed by atoms with Gasteiger partial charge < -0.3 is 25.6 Å². The van der Waals surface area contributed by atoms with Crippen molar-refractivity contribution in [3.63, 3.8) is 0 Å². The van der Waals surface area contributed by atoms with E-state index in [9.17, 15) is 14.4 Å². The van der Waals surface area contributed by atoms with Gasteiger partial charge in [-0.25, -0.2) is 4.79 Å². The molecule has 0 saturated carbocycles. The van der Waals surface area contributed by atoms with Crippen LogP contribution in [0.15, 0.2) is 10.9 Å². The van der Waals surface area contributed by atoms with Gasteiger partial charge in [-0.05, 0) is 0 Å². The van der Waals surface area contributed by atoms with E-state index in [0.29, 0.717) is 12.3 Å². The molecule has 104 valence electrons. The number of rotatable bonds is 7. The lowest BCUT2D eigenvalue weighted by atomic mass is 10.4. The van der Waals surface area contributed by atoms with Crippen molar-refractivity contribution in [2.75, 3.05) is 19.6 Å². The van der Waals surface area contributed by atoms with E-state index in [0.717, 1.165) is 4.90 Å². The third-order valence-corrected chi connectivity index (χ3v) is 1.98. The summed E-state index contributed by atoms with van der Waals surface area (Å²) in [4.78, 5) is 37.4. The molecule has 1 rings (SSSR count). The summed E-state index contributed by atoms with van der Waals surface area (Å²) >= 11 is 0. The molecule has 3 amide bonds. The fraction of sp³-hybridized carbons (Fsp3) is 0.444. The zero-order chi connectivity index (χ0) is 14.3. The molecule has 0 atom stereocenters. The Labute approximate surface area is 107 Å². The number of carbonyl (C=O) groups is 3. The minimum Gasteiger partial charge on any atom is -0.480 e. The van der Waals surface area contributed by atoms with Crippen molar-refractivity contribution in [2.24, 2.45) is 5.73 Å². The number of primary amides is 1. The first-order valence-electron chi connectivity index (χ1n) is 5.27. The number of nitrogens with two attached hydrogens (primary N) is 1. The smallest absolute Gasteiger partial charge is 0.323 e. The zero-order valence-electron chi connectivity index (χ0n) is 9.90. The van der Waals surface area contributed by atoms with Crippen LogP contribution in [-0.4, -0.2) is 57.7 Å². The molecule has 0 aliphatic rings. The second kappa shape index (κ2) is 6.93. The fourth-order valence-corrected chi connectivity index (χ4v) is 1.25. The maximum atomic E-state index is 11.6. The average molecular weight is 271 g/mol. The van der Waals surface area contributed by atoms with E-state index < -0.39 is 31.0 Å². The highest BCUT2D eigenvalue weighted by molar-refractivity contribution is 5.85. The highest BCUT2D eigenvalue weighted by Crippen LogP contribution is 1.93. The van der Waals surface area contributed by atoms with Crippen LogP contribution in [0.2, 0.25) is 0 Å². The van der Waals surface area contributed by atoms with Gasteiger partial charge in [-0.2, -0.15) is 4.98 Å². The number of aromatic nitrogens is 2. The van der Waals surface area contributed by atoms with Gasteiger partial charge in [0.1, 0.15) is 13.1 Å². The minimum absolute atomic E-state index is 0.163. The molecule has 10 nitrogen and oxygen atoms in total. The Morgan fingerprint density at radius 1 is 1.42 bits per heavy atom. The van der Waals surface area contributed by atoms with Crippen LogP contribution in [0.5, 0.6) is 0 Å². The highest BCUT2D eigenvalue weighted by atomic mass is 16.5. The molecular weight excluding hydrogens is 258 g/mol. The molecule has 0 fully saturated rings. The Morgan fingerprint density at radius 2 is 2.16 bits per heavy atom. The average Bonchev–Trinajstić information content (AvgIpc) is 2.79. The molecular formula is C9H13N5O5. The number of urea groups is 1. The maximum absolute atomic E-state index is 11.6. The molecule has 0 spiro atoms. The van der Waals surface area contributed by atoms with Crippen LogP contribution >= 0.6 is 0 Å². The van der Waals surface area contributed by atoms with Gasteiger partial charge in [-0.15, -0.1) is 0 Å². The summed E-state index contributed by atoms with van der Waals surface area (Å²) in [6.45, 7) is -0.927. The zero-order valence-corrected chi connectivity index (χ0v) is 9.90. The molecule has 1 heterocycles. The number of amides is 3. The van der Waals surface area contributed by atoms with E-state index in [4.69, 9.17) is 15.4 Å². The lowest BCUT2D eigenvalue weighted by Crippen LogP contribution is -2.47. The third kappa shape index (κ3) is 5.48. The summed E-state index contributed by atoms with van der Waals surface area (Å²) in [6, 6.07) is -0.708. The van der Waals surface area contributed by atoms with E-state index in [2.05, 4.69) is 15.5 Å². The van der Waals surface area contributed by atoms with Crippen LogP contribution < -0.4 is 11.1 Å². The third-order valence-electron chi connectivity index (χ3n) is 1.98. The predicted octanol–water partition coefficient (Wildman–Crippen LogP) is -1.81. The Morgan fingerprint density at radius 3 is 2.68 bits per heavy atom. The van der Waals surface area contributed by atoms with Crippen molar-refractivity contribution in [1.82, 2.24) is 20.4 Å². The van der Waals surface area contributed by atoms with Gasteiger partial charge in [0, 0.05) is 13.0 Å². The number of nitrogens with one attached hydrogen (secondary N) is 1. The molecule has 1 aromatic heterocycles. The number of carbonyl (C=O) groups excluding carboxylic acids is 2. The molecule has 0 bridgehead atoms. The number of aliphatic carboxylic acids is 1. The van der Waals surface area contributed by atoms with Crippen molar-refractivity contribution in [3.05, 3.63) is 12.2 Å². The quantitative estimate of drug-likeness (QED) is 0.528. The van der Waals surface area contributed by atoms with Crippen molar-refractivity contribution in [2.45, 2.75) is 6.42 Å². The molecule has 0 aliphatic heterocycles. The molecule has 0 aliphatic carbocycles. The molecule has 1 aromatic rings. The molecule has 0 saturated heterocycles. The van der Waals surface area contributed by atoms with E-state index in [-0.39, 0.29) is 6.54 Å². The number of carboxylic acid groups (broad SMARTS) is 1. The van der Waals surface area contributed by atoms with E-state index >= 15 is 0 Å². The first kappa shape index (κ1) is 14.4. The Kier molecular flexibility index (Phi) is 5.26. The van der Waals surface area contributed by atoms with Gasteiger partial charge in [0.2, 0.25) is 11.8 Å². The van der Waals surface area contributed by atoms with Gasteiger partial charge >= 0.3 is 12.0 Å². The number of hydrogen-bond acceptors (Lipinski definition) is 6. The largest absolute Gasteiger partial charge is 0.480 e. The summed E-state index contributed by atoms with van der Waals surface area (Å²) < 4.78 is 4.71. The van der Waals surface area contributed by atoms with Crippen LogP contribution in [0.4, 0.5) is 4.79 Å². The van der Waals surface area contributed by atoms with Crippen LogP contribution in [0.3, 0.4) is 0 Å². The van der Waals surface area contributed by atoms with Crippen LogP contribution in [0, 0.1) is 0 Å². The molecule has 10 heteroatoms. The Hall–Kier alpha value is -2.65. The second-order valence-electron chi connectivity index (χ2n) is 3.53. The normalized spacial score (nSPS) is 9.89. The minimum atomic E-state index is -1.24. The van der Waals surface area contributed by atoms with Crippen LogP contribution in [0.25, 0.3) is 0 Å². The lowest BCUT2D eigenvalue weighted by Gasteiger charge is -2.19. The molecule has 0 aromatic carbocycles. The second-order valence-corrected chi connectivity index (χ2v) is 3.53. The van der Waals surface area contributed by atoms with Gasteiger partial charge in [0.05, 0.1) is 0 Å². The van der Waals surface area contributed by atoms with Crippen molar-refractivity contribution < 1.29 is 24.0 Å². The molecule has 19 heavy (non-hydrogen) atoms. The van der Waals surface area contributed by atoms with E-state index in [1.165, 1.54) is 6.33 Å². The summed E-state index contributed by atoms with van der Waals surface area (Å²) in [5, 5.41) is 14.4. The van der Waals surface area contributed by atoms with Crippen molar-refractivity contribution in [3.8, 4) is 0 Å². The number of carboxylic acids is 1. The number of nitrogens with zero attached hydrogens (tertiary/aromatic N) is 3. The molecule has 0 unspecified atom stereocenters. The van der Waals surface area contributed by atoms with Crippen molar-refractivity contribution >= 4 is 17.9 Å². The summed E-state index contributed by atoms with van der Waals surface area (Å²) in [5.41, 5.74) is 4.93. The van der Waals surface area contributed by atoms with E-state index in [1.807, 2.05) is 0 Å². The molecule has 4 N–H and O–H groups in total. The first-order chi connectivity index (χ1) is 8.99. The molecule has 0 radical (unpaired) electrons. The number of hydrogen-bond donors (Lipinski definition) is 3. The highest BCUT2D eigenvalue weighted by Gasteiger charge is 2.18. The summed E-state index contributed by atoms with van der Waals surface area (Å²) in [6.07, 6.45) is 1.52. The van der Waals surface area contributed by atoms with Crippen molar-refractivity contribution in [1.29, 1.82) is 0 Å². The Bertz CT molecular complexity index is 430. The predicted molar refractivity (Wildman–Crippen MR) is 59.8 cm³/mol. The Balaban J connectivity index is 2.42. The van der Waals surface area contributed by atoms with Gasteiger partial charge in [-0.1, -0.05) is 5.16 Å². The SMILES string of the molecule is NC(=O)CN(CC(=O)O)C(=O)NCCc1ncno1. The summed E-state index contributed by atoms with van der Waals surface area (Å²) in [5.74, 6) is -1.71.